The molecule has 33 heavy (non-hydrogen) atoms. The van der Waals surface area contributed by atoms with Crippen LogP contribution in [0.3, 0.4) is 0 Å². The first-order valence-corrected chi connectivity index (χ1v) is 11.6. The molecule has 1 aromatic carbocycles. The molecule has 2 aliphatic carbocycles. The molecule has 3 fully saturated rings. The van der Waals surface area contributed by atoms with Crippen LogP contribution < -0.4 is 4.74 Å². The fraction of sp³-hybridized carbons (Fsp3) is 0.520. The molecule has 0 unspecified atom stereocenters. The van der Waals surface area contributed by atoms with Gasteiger partial charge >= 0.3 is 0 Å². The molecule has 2 aliphatic heterocycles. The van der Waals surface area contributed by atoms with Crippen molar-refractivity contribution in [2.24, 2.45) is 29.6 Å². The monoisotopic (exact) mass is 452 g/mol. The highest BCUT2D eigenvalue weighted by Crippen LogP contribution is 2.59. The lowest BCUT2D eigenvalue weighted by molar-refractivity contribution is -0.141. The quantitative estimate of drug-likeness (QED) is 0.554. The van der Waals surface area contributed by atoms with E-state index in [2.05, 4.69) is 0 Å². The third-order valence-electron chi connectivity index (χ3n) is 8.05. The number of methoxy groups -OCH3 is 1. The lowest BCUT2D eigenvalue weighted by Crippen LogP contribution is -2.43. The first kappa shape index (κ1) is 21.7. The number of carbonyl (C=O) groups is 4. The number of nitrogens with zero attached hydrogens (tertiary/aromatic N) is 2. The summed E-state index contributed by atoms with van der Waals surface area (Å²) in [6, 6.07) is 5.14. The van der Waals surface area contributed by atoms with Gasteiger partial charge in [0.15, 0.2) is 11.5 Å². The lowest BCUT2D eigenvalue weighted by Gasteiger charge is -2.44. The summed E-state index contributed by atoms with van der Waals surface area (Å²) in [5, 5.41) is 11.0. The Kier molecular flexibility index (Phi) is 5.06. The largest absolute Gasteiger partial charge is 0.504 e. The van der Waals surface area contributed by atoms with Gasteiger partial charge in [0.2, 0.25) is 23.6 Å². The molecule has 0 spiro atoms. The smallest absolute Gasteiger partial charge is 0.234 e. The topological polar surface area (TPSA) is 104 Å². The normalized spacial score (nSPS) is 33.1. The Bertz CT molecular complexity index is 1090. The van der Waals surface area contributed by atoms with Crippen LogP contribution in [0, 0.1) is 29.6 Å². The second-order valence-corrected chi connectivity index (χ2v) is 9.26. The Morgan fingerprint density at radius 3 is 2.18 bits per heavy atom. The summed E-state index contributed by atoms with van der Waals surface area (Å²) >= 11 is 0. The summed E-state index contributed by atoms with van der Waals surface area (Å²) in [4.78, 5) is 55.3. The summed E-state index contributed by atoms with van der Waals surface area (Å²) in [6.07, 6.45) is 2.74. The van der Waals surface area contributed by atoms with E-state index in [0.717, 1.165) is 5.57 Å². The number of phenols is 1. The average molecular weight is 453 g/mol. The summed E-state index contributed by atoms with van der Waals surface area (Å²) in [6.45, 7) is 4.15. The highest BCUT2D eigenvalue weighted by atomic mass is 16.5. The Balaban J connectivity index is 1.68. The van der Waals surface area contributed by atoms with Crippen LogP contribution in [0.4, 0.5) is 0 Å². The maximum absolute atomic E-state index is 13.4. The fourth-order valence-corrected chi connectivity index (χ4v) is 6.65. The van der Waals surface area contributed by atoms with Crippen molar-refractivity contribution >= 4 is 23.6 Å². The molecule has 4 aliphatic rings. The number of carbonyl (C=O) groups excluding carboxylic acids is 4. The van der Waals surface area contributed by atoms with Crippen molar-refractivity contribution in [2.45, 2.75) is 32.6 Å². The molecule has 2 saturated heterocycles. The predicted molar refractivity (Wildman–Crippen MR) is 117 cm³/mol. The van der Waals surface area contributed by atoms with Crippen LogP contribution in [0.25, 0.3) is 0 Å². The zero-order valence-corrected chi connectivity index (χ0v) is 19.0. The van der Waals surface area contributed by atoms with Gasteiger partial charge in [-0.05, 0) is 38.7 Å². The van der Waals surface area contributed by atoms with Crippen molar-refractivity contribution in [1.82, 2.24) is 9.80 Å². The number of fused-ring (bicyclic) bond motifs is 4. The number of rotatable bonds is 4. The van der Waals surface area contributed by atoms with E-state index in [0.29, 0.717) is 24.9 Å². The molecule has 8 nitrogen and oxygen atoms in total. The lowest BCUT2D eigenvalue weighted by atomic mass is 9.57. The molecule has 4 amide bonds. The first-order valence-electron chi connectivity index (χ1n) is 11.6. The molecule has 1 N–H and O–H groups in total. The number of ether oxygens (including phenoxy) is 1. The number of para-hydroxylation sites is 1. The van der Waals surface area contributed by atoms with E-state index in [9.17, 15) is 24.3 Å². The number of phenolic OH excluding ortho intramolecular Hbond substituents is 1. The third kappa shape index (κ3) is 2.82. The standard InChI is InChI=1S/C25H28N2O6/c1-4-26-22(29)14-10-9-12-15(19(14)24(26)31)11-16-20(25(32)27(5-2)23(16)30)18(12)13-7-6-8-17(33-3)21(13)28/h6-9,14-16,18-20,28H,4-5,10-11H2,1-3H3/t14-,15+,16+,18+,19-,20+/m0/s1. The minimum absolute atomic E-state index is 0.0633. The summed E-state index contributed by atoms with van der Waals surface area (Å²) < 4.78 is 5.31. The van der Waals surface area contributed by atoms with Crippen LogP contribution >= 0.6 is 0 Å². The Labute approximate surface area is 192 Å². The molecule has 8 heteroatoms. The minimum Gasteiger partial charge on any atom is -0.504 e. The van der Waals surface area contributed by atoms with E-state index in [4.69, 9.17) is 4.74 Å². The highest BCUT2D eigenvalue weighted by Gasteiger charge is 2.61. The maximum Gasteiger partial charge on any atom is 0.234 e. The van der Waals surface area contributed by atoms with Crippen LogP contribution in [-0.4, -0.2) is 58.7 Å². The molecule has 1 saturated carbocycles. The van der Waals surface area contributed by atoms with Gasteiger partial charge in [-0.1, -0.05) is 23.8 Å². The zero-order chi connectivity index (χ0) is 23.6. The highest BCUT2D eigenvalue weighted by molar-refractivity contribution is 6.08. The molecule has 1 aromatic rings. The molecule has 0 radical (unpaired) electrons. The van der Waals surface area contributed by atoms with Gasteiger partial charge in [0, 0.05) is 24.6 Å². The van der Waals surface area contributed by atoms with E-state index in [1.54, 1.807) is 32.0 Å². The van der Waals surface area contributed by atoms with E-state index >= 15 is 0 Å². The van der Waals surface area contributed by atoms with Crippen molar-refractivity contribution in [3.63, 3.8) is 0 Å². The zero-order valence-electron chi connectivity index (χ0n) is 19.0. The SMILES string of the molecule is CCN1C(=O)[C@H]2[C@H](CC=C3[C@H]2C[C@H]2C(=O)N(CC)C(=O)[C@H]2[C@H]3c2cccc(OC)c2O)C1=O. The Hall–Kier alpha value is -3.16. The van der Waals surface area contributed by atoms with Crippen LogP contribution in [0.1, 0.15) is 38.2 Å². The predicted octanol–water partition coefficient (Wildman–Crippen LogP) is 2.08. The van der Waals surface area contributed by atoms with Crippen molar-refractivity contribution < 1.29 is 29.0 Å². The van der Waals surface area contributed by atoms with Gasteiger partial charge in [0.05, 0.1) is 30.8 Å². The molecule has 5 rings (SSSR count). The van der Waals surface area contributed by atoms with Crippen LogP contribution in [-0.2, 0) is 19.2 Å². The van der Waals surface area contributed by atoms with Gasteiger partial charge < -0.3 is 9.84 Å². The average Bonchev–Trinajstić information content (AvgIpc) is 3.21. The van der Waals surface area contributed by atoms with E-state index in [1.807, 2.05) is 6.08 Å². The van der Waals surface area contributed by atoms with Gasteiger partial charge in [-0.3, -0.25) is 29.0 Å². The van der Waals surface area contributed by atoms with Gasteiger partial charge in [-0.2, -0.15) is 0 Å². The summed E-state index contributed by atoms with van der Waals surface area (Å²) in [5.74, 6) is -3.70. The summed E-state index contributed by atoms with van der Waals surface area (Å²) in [7, 11) is 1.46. The Morgan fingerprint density at radius 2 is 1.55 bits per heavy atom. The van der Waals surface area contributed by atoms with Gasteiger partial charge in [0.25, 0.3) is 0 Å². The molecule has 6 atom stereocenters. The van der Waals surface area contributed by atoms with E-state index < -0.39 is 29.6 Å². The maximum atomic E-state index is 13.4. The van der Waals surface area contributed by atoms with Crippen LogP contribution in [0.15, 0.2) is 29.8 Å². The second-order valence-electron chi connectivity index (χ2n) is 9.26. The number of amides is 4. The van der Waals surface area contributed by atoms with Crippen molar-refractivity contribution in [1.29, 1.82) is 0 Å². The number of allylic oxidation sites excluding steroid dienone is 2. The van der Waals surface area contributed by atoms with Crippen LogP contribution in [0.2, 0.25) is 0 Å². The number of benzene rings is 1. The minimum atomic E-state index is -0.649. The van der Waals surface area contributed by atoms with Crippen LogP contribution in [0.5, 0.6) is 11.5 Å². The van der Waals surface area contributed by atoms with E-state index in [-0.39, 0.29) is 47.6 Å². The third-order valence-corrected chi connectivity index (χ3v) is 8.05. The fourth-order valence-electron chi connectivity index (χ4n) is 6.65. The van der Waals surface area contributed by atoms with Crippen molar-refractivity contribution in [2.75, 3.05) is 20.2 Å². The first-order chi connectivity index (χ1) is 15.8. The number of hydrogen-bond acceptors (Lipinski definition) is 6. The van der Waals surface area contributed by atoms with E-state index in [1.165, 1.54) is 16.9 Å². The molecular weight excluding hydrogens is 424 g/mol. The molecule has 0 aromatic heterocycles. The molecule has 174 valence electrons. The molecule has 0 bridgehead atoms. The van der Waals surface area contributed by atoms with Crippen molar-refractivity contribution in [3.05, 3.63) is 35.4 Å². The van der Waals surface area contributed by atoms with Gasteiger partial charge in [0.1, 0.15) is 0 Å². The molecular formula is C25H28N2O6. The number of aromatic hydroxyl groups is 1. The van der Waals surface area contributed by atoms with Crippen molar-refractivity contribution in [3.8, 4) is 11.5 Å². The molecule has 2 heterocycles. The van der Waals surface area contributed by atoms with Gasteiger partial charge in [-0.15, -0.1) is 0 Å². The Morgan fingerprint density at radius 1 is 0.909 bits per heavy atom. The number of hydrogen-bond donors (Lipinski definition) is 1. The number of imide groups is 2. The summed E-state index contributed by atoms with van der Waals surface area (Å²) in [5.41, 5.74) is 1.39. The van der Waals surface area contributed by atoms with Gasteiger partial charge in [-0.25, -0.2) is 0 Å². The second kappa shape index (κ2) is 7.71. The number of likely N-dealkylation sites (tertiary alicyclic amines) is 2.